The topological polar surface area (TPSA) is 75.7 Å². The molecular weight excluding hydrogens is 436 g/mol. The van der Waals surface area contributed by atoms with Crippen LogP contribution in [0.1, 0.15) is 15.9 Å². The number of carbonyl (C=O) groups is 1. The Morgan fingerprint density at radius 2 is 1.77 bits per heavy atom. The van der Waals surface area contributed by atoms with Crippen LogP contribution in [-0.4, -0.2) is 21.3 Å². The smallest absolute Gasteiger partial charge is 0.270 e. The number of carbonyl (C=O) groups excluding carboxylic acids is 1. The van der Waals surface area contributed by atoms with Gasteiger partial charge in [-0.3, -0.25) is 9.10 Å². The summed E-state index contributed by atoms with van der Waals surface area (Å²) >= 11 is 5.95. The summed E-state index contributed by atoms with van der Waals surface area (Å²) in [4.78, 5) is 12.7. The van der Waals surface area contributed by atoms with E-state index in [1.807, 2.05) is 0 Å². The van der Waals surface area contributed by atoms with Gasteiger partial charge in [0.25, 0.3) is 10.0 Å². The Morgan fingerprint density at radius 1 is 1.03 bits per heavy atom. The third kappa shape index (κ3) is 4.15. The van der Waals surface area contributed by atoms with Gasteiger partial charge in [-0.25, -0.2) is 8.42 Å². The quantitative estimate of drug-likeness (QED) is 0.558. The van der Waals surface area contributed by atoms with Crippen molar-refractivity contribution in [2.75, 3.05) is 16.7 Å². The van der Waals surface area contributed by atoms with E-state index >= 15 is 0 Å². The molecule has 4 rings (SSSR count). The molecule has 0 amide bonds. The first-order valence-corrected chi connectivity index (χ1v) is 11.2. The highest BCUT2D eigenvalue weighted by Gasteiger charge is 2.40. The zero-order valence-electron chi connectivity index (χ0n) is 16.6. The van der Waals surface area contributed by atoms with Gasteiger partial charge in [-0.1, -0.05) is 41.9 Å². The van der Waals surface area contributed by atoms with Crippen molar-refractivity contribution in [3.05, 3.63) is 100 Å². The largest absolute Gasteiger partial charge is 0.497 e. The van der Waals surface area contributed by atoms with Crippen LogP contribution in [0.25, 0.3) is 0 Å². The van der Waals surface area contributed by atoms with E-state index in [0.717, 1.165) is 5.56 Å². The molecule has 1 heterocycles. The van der Waals surface area contributed by atoms with E-state index in [1.54, 1.807) is 72.8 Å². The number of ether oxygens (including phenoxy) is 1. The number of methoxy groups -OCH3 is 1. The molecule has 8 heteroatoms. The second kappa shape index (κ2) is 8.45. The van der Waals surface area contributed by atoms with Gasteiger partial charge >= 0.3 is 0 Å². The molecule has 3 aromatic carbocycles. The fourth-order valence-electron chi connectivity index (χ4n) is 3.31. The van der Waals surface area contributed by atoms with Crippen molar-refractivity contribution in [1.82, 2.24) is 0 Å². The first-order chi connectivity index (χ1) is 14.9. The Kier molecular flexibility index (Phi) is 5.71. The number of allylic oxidation sites excluding steroid dienone is 1. The Bertz CT molecular complexity index is 1270. The van der Waals surface area contributed by atoms with Gasteiger partial charge < -0.3 is 10.1 Å². The van der Waals surface area contributed by atoms with E-state index in [1.165, 1.54) is 17.6 Å². The minimum atomic E-state index is -4.10. The molecule has 0 aromatic heterocycles. The molecule has 0 aliphatic carbocycles. The van der Waals surface area contributed by atoms with Gasteiger partial charge in [0, 0.05) is 28.5 Å². The summed E-state index contributed by atoms with van der Waals surface area (Å²) in [6, 6.07) is 20.6. The SMILES string of the molecule is COc1cccc(NC=C2C(=O)c3ccccc3N(Cc3ccc(Cl)cc3)S2(=O)=O)c1. The standard InChI is InChI=1S/C23H19ClN2O4S/c1-30-19-6-4-5-18(13-19)25-14-22-23(27)20-7-2-3-8-21(20)26(31(22,28)29)15-16-9-11-17(24)12-10-16/h2-14,25H,15H2,1H3. The van der Waals surface area contributed by atoms with E-state index in [9.17, 15) is 13.2 Å². The first-order valence-electron chi connectivity index (χ1n) is 9.42. The Labute approximate surface area is 185 Å². The van der Waals surface area contributed by atoms with Crippen molar-refractivity contribution < 1.29 is 17.9 Å². The van der Waals surface area contributed by atoms with Gasteiger partial charge in [0.1, 0.15) is 5.75 Å². The van der Waals surface area contributed by atoms with Crippen LogP contribution in [-0.2, 0) is 16.6 Å². The van der Waals surface area contributed by atoms with Crippen LogP contribution in [0, 0.1) is 0 Å². The summed E-state index contributed by atoms with van der Waals surface area (Å²) in [6.07, 6.45) is 1.23. The lowest BCUT2D eigenvalue weighted by Crippen LogP contribution is -2.39. The van der Waals surface area contributed by atoms with Crippen molar-refractivity contribution in [2.45, 2.75) is 6.54 Å². The molecule has 0 saturated heterocycles. The number of rotatable bonds is 5. The first kappa shape index (κ1) is 21.0. The maximum Gasteiger partial charge on any atom is 0.270 e. The van der Waals surface area contributed by atoms with Gasteiger partial charge in [-0.2, -0.15) is 0 Å². The number of anilines is 2. The van der Waals surface area contributed by atoms with E-state index in [2.05, 4.69) is 5.32 Å². The highest BCUT2D eigenvalue weighted by Crippen LogP contribution is 2.36. The average molecular weight is 455 g/mol. The third-order valence-electron chi connectivity index (χ3n) is 4.89. The van der Waals surface area contributed by atoms with Crippen LogP contribution in [0.3, 0.4) is 0 Å². The number of nitrogens with one attached hydrogen (secondary N) is 1. The normalized spacial score (nSPS) is 16.1. The molecule has 0 atom stereocenters. The van der Waals surface area contributed by atoms with Crippen LogP contribution in [0.4, 0.5) is 11.4 Å². The molecule has 0 unspecified atom stereocenters. The number of hydrogen-bond acceptors (Lipinski definition) is 5. The highest BCUT2D eigenvalue weighted by atomic mass is 35.5. The minimum Gasteiger partial charge on any atom is -0.497 e. The number of nitrogens with zero attached hydrogens (tertiary/aromatic N) is 1. The molecule has 0 spiro atoms. The number of fused-ring (bicyclic) bond motifs is 1. The number of halogens is 1. The molecule has 6 nitrogen and oxygen atoms in total. The second-order valence-corrected chi connectivity index (χ2v) is 9.14. The van der Waals surface area contributed by atoms with E-state index in [-0.39, 0.29) is 11.4 Å². The molecule has 1 aliphatic heterocycles. The van der Waals surface area contributed by atoms with Gasteiger partial charge in [0.05, 0.1) is 19.3 Å². The summed E-state index contributed by atoms with van der Waals surface area (Å²) in [6.45, 7) is 0.0697. The van der Waals surface area contributed by atoms with Crippen molar-refractivity contribution in [2.24, 2.45) is 0 Å². The molecule has 1 aliphatic rings. The summed E-state index contributed by atoms with van der Waals surface area (Å²) in [5.41, 5.74) is 2.01. The molecule has 0 saturated carbocycles. The van der Waals surface area contributed by atoms with Crippen LogP contribution >= 0.6 is 11.6 Å². The van der Waals surface area contributed by atoms with E-state index in [0.29, 0.717) is 27.7 Å². The number of benzene rings is 3. The minimum absolute atomic E-state index is 0.0697. The molecule has 1 N–H and O–H groups in total. The zero-order valence-corrected chi connectivity index (χ0v) is 18.2. The number of hydrogen-bond donors (Lipinski definition) is 1. The van der Waals surface area contributed by atoms with Crippen LogP contribution in [0.5, 0.6) is 5.75 Å². The molecule has 0 radical (unpaired) electrons. The van der Waals surface area contributed by atoms with E-state index in [4.69, 9.17) is 16.3 Å². The van der Waals surface area contributed by atoms with Crippen molar-refractivity contribution in [1.29, 1.82) is 0 Å². The zero-order chi connectivity index (χ0) is 22.0. The molecule has 3 aromatic rings. The monoisotopic (exact) mass is 454 g/mol. The second-order valence-electron chi connectivity index (χ2n) is 6.87. The van der Waals surface area contributed by atoms with Gasteiger partial charge in [0.2, 0.25) is 5.78 Å². The summed E-state index contributed by atoms with van der Waals surface area (Å²) < 4.78 is 33.3. The van der Waals surface area contributed by atoms with Gasteiger partial charge in [-0.05, 0) is 42.0 Å². The van der Waals surface area contributed by atoms with Crippen molar-refractivity contribution in [3.8, 4) is 5.75 Å². The maximum atomic E-state index is 13.4. The lowest BCUT2D eigenvalue weighted by molar-refractivity contribution is 0.104. The highest BCUT2D eigenvalue weighted by molar-refractivity contribution is 7.97. The molecule has 158 valence electrons. The average Bonchev–Trinajstić information content (AvgIpc) is 2.78. The number of para-hydroxylation sites is 1. The number of Topliss-reactive ketones (excluding diaryl/α,β-unsaturated/α-hetero) is 1. The summed E-state index contributed by atoms with van der Waals surface area (Å²) in [5.74, 6) is 0.0503. The lowest BCUT2D eigenvalue weighted by Gasteiger charge is -2.31. The Morgan fingerprint density at radius 3 is 2.52 bits per heavy atom. The van der Waals surface area contributed by atoms with Gasteiger partial charge in [-0.15, -0.1) is 0 Å². The Balaban J connectivity index is 1.76. The number of ketones is 1. The lowest BCUT2D eigenvalue weighted by atomic mass is 10.1. The van der Waals surface area contributed by atoms with Crippen molar-refractivity contribution in [3.63, 3.8) is 0 Å². The van der Waals surface area contributed by atoms with Gasteiger partial charge in [0.15, 0.2) is 4.91 Å². The van der Waals surface area contributed by atoms with E-state index < -0.39 is 15.8 Å². The van der Waals surface area contributed by atoms with Crippen LogP contribution < -0.4 is 14.4 Å². The fourth-order valence-corrected chi connectivity index (χ4v) is 4.96. The molecule has 0 fully saturated rings. The third-order valence-corrected chi connectivity index (χ3v) is 6.91. The predicted octanol–water partition coefficient (Wildman–Crippen LogP) is 4.83. The summed E-state index contributed by atoms with van der Waals surface area (Å²) in [7, 11) is -2.56. The molecular formula is C23H19ClN2O4S. The Hall–Kier alpha value is -3.29. The van der Waals surface area contributed by atoms with Crippen LogP contribution in [0.2, 0.25) is 5.02 Å². The fraction of sp³-hybridized carbons (Fsp3) is 0.0870. The summed E-state index contributed by atoms with van der Waals surface area (Å²) in [5, 5.41) is 3.47. The number of sulfonamides is 1. The van der Waals surface area contributed by atoms with Crippen LogP contribution in [0.15, 0.2) is 83.9 Å². The molecule has 0 bridgehead atoms. The predicted molar refractivity (Wildman–Crippen MR) is 122 cm³/mol. The maximum absolute atomic E-state index is 13.4. The molecule has 31 heavy (non-hydrogen) atoms. The van der Waals surface area contributed by atoms with Crippen molar-refractivity contribution >= 4 is 38.8 Å².